The van der Waals surface area contributed by atoms with Crippen LogP contribution in [0.3, 0.4) is 0 Å². The van der Waals surface area contributed by atoms with E-state index in [0.717, 1.165) is 19.5 Å². The summed E-state index contributed by atoms with van der Waals surface area (Å²) < 4.78 is 29.0. The number of carbonyl (C=O) groups is 1. The van der Waals surface area contributed by atoms with E-state index in [1.165, 1.54) is 18.5 Å². The average molecular weight is 378 g/mol. The highest BCUT2D eigenvalue weighted by atomic mass is 32.2. The molecule has 1 saturated heterocycles. The van der Waals surface area contributed by atoms with Crippen LogP contribution in [0.15, 0.2) is 41.8 Å². The highest BCUT2D eigenvalue weighted by Gasteiger charge is 2.19. The number of sulfonamides is 1. The fraction of sp³-hybridized carbons (Fsp3) is 0.438. The predicted molar refractivity (Wildman–Crippen MR) is 95.0 cm³/mol. The molecule has 140 valence electrons. The molecule has 0 spiro atoms. The minimum Gasteiger partial charge on any atom is -0.348 e. The predicted octanol–water partition coefficient (Wildman–Crippen LogP) is -0.262. The van der Waals surface area contributed by atoms with E-state index in [1.54, 1.807) is 23.1 Å². The molecule has 10 heteroatoms. The van der Waals surface area contributed by atoms with E-state index in [1.807, 2.05) is 0 Å². The number of benzene rings is 1. The molecule has 1 aromatic carbocycles. The van der Waals surface area contributed by atoms with Gasteiger partial charge in [0.1, 0.15) is 12.7 Å². The largest absolute Gasteiger partial charge is 0.348 e. The van der Waals surface area contributed by atoms with Gasteiger partial charge >= 0.3 is 0 Å². The third-order valence-corrected chi connectivity index (χ3v) is 5.58. The van der Waals surface area contributed by atoms with Gasteiger partial charge in [-0.3, -0.25) is 9.48 Å². The van der Waals surface area contributed by atoms with Gasteiger partial charge in [-0.1, -0.05) is 6.07 Å². The second-order valence-electron chi connectivity index (χ2n) is 6.10. The van der Waals surface area contributed by atoms with E-state index >= 15 is 0 Å². The summed E-state index contributed by atoms with van der Waals surface area (Å²) in [6.45, 7) is 2.45. The Morgan fingerprint density at radius 1 is 1.38 bits per heavy atom. The summed E-state index contributed by atoms with van der Waals surface area (Å²) in [5, 5.41) is 10.0. The number of aryl methyl sites for hydroxylation is 1. The van der Waals surface area contributed by atoms with Crippen molar-refractivity contribution in [3.8, 4) is 0 Å². The molecule has 1 fully saturated rings. The molecule has 1 unspecified atom stereocenters. The highest BCUT2D eigenvalue weighted by molar-refractivity contribution is 7.89. The minimum absolute atomic E-state index is 0.0791. The average Bonchev–Trinajstić information content (AvgIpc) is 3.33. The molecule has 3 rings (SSSR count). The molecule has 3 N–H and O–H groups in total. The van der Waals surface area contributed by atoms with Crippen LogP contribution in [0.4, 0.5) is 0 Å². The van der Waals surface area contributed by atoms with Crippen molar-refractivity contribution < 1.29 is 13.2 Å². The first-order chi connectivity index (χ1) is 12.5. The molecule has 0 saturated carbocycles. The Bertz CT molecular complexity index is 831. The summed E-state index contributed by atoms with van der Waals surface area (Å²) in [5.74, 6) is -0.262. The van der Waals surface area contributed by atoms with Gasteiger partial charge in [-0.25, -0.2) is 18.1 Å². The Balaban J connectivity index is 1.57. The lowest BCUT2D eigenvalue weighted by Gasteiger charge is -2.12. The molecule has 26 heavy (non-hydrogen) atoms. The second-order valence-corrected chi connectivity index (χ2v) is 7.87. The molecule has 2 heterocycles. The zero-order chi connectivity index (χ0) is 18.4. The van der Waals surface area contributed by atoms with Crippen LogP contribution in [0, 0.1) is 0 Å². The molecule has 9 nitrogen and oxygen atoms in total. The van der Waals surface area contributed by atoms with Gasteiger partial charge in [-0.2, -0.15) is 5.10 Å². The lowest BCUT2D eigenvalue weighted by molar-refractivity contribution is 0.0940. The molecule has 0 bridgehead atoms. The number of amides is 1. The molecule has 1 aliphatic heterocycles. The van der Waals surface area contributed by atoms with Crippen molar-refractivity contribution >= 4 is 15.9 Å². The number of nitrogens with one attached hydrogen (secondary N) is 3. The summed E-state index contributed by atoms with van der Waals surface area (Å²) in [4.78, 5) is 16.2. The van der Waals surface area contributed by atoms with Crippen molar-refractivity contribution in [1.82, 2.24) is 30.1 Å². The van der Waals surface area contributed by atoms with E-state index < -0.39 is 10.0 Å². The third kappa shape index (κ3) is 4.87. The highest BCUT2D eigenvalue weighted by Crippen LogP contribution is 2.12. The van der Waals surface area contributed by atoms with Crippen LogP contribution >= 0.6 is 0 Å². The van der Waals surface area contributed by atoms with Gasteiger partial charge < -0.3 is 10.6 Å². The molecule has 1 atom stereocenters. The number of carbonyl (C=O) groups excluding carboxylic acids is 1. The van der Waals surface area contributed by atoms with Gasteiger partial charge in [0.2, 0.25) is 10.0 Å². The monoisotopic (exact) mass is 378 g/mol. The zero-order valence-electron chi connectivity index (χ0n) is 14.3. The van der Waals surface area contributed by atoms with Gasteiger partial charge in [-0.05, 0) is 37.6 Å². The van der Waals surface area contributed by atoms with Gasteiger partial charge in [0.25, 0.3) is 5.91 Å². The van der Waals surface area contributed by atoms with Gasteiger partial charge in [0, 0.05) is 31.2 Å². The minimum atomic E-state index is -3.67. The standard InChI is InChI=1S/C16H22N6O3S/c23-16(21-14-5-7-17-10-14)13-3-1-4-15(9-13)26(24,25)20-6-2-8-22-12-18-11-19-22/h1,3-4,9,11-12,14,17,20H,2,5-8,10H2,(H,21,23). The zero-order valence-corrected chi connectivity index (χ0v) is 15.1. The van der Waals surface area contributed by atoms with E-state index in [4.69, 9.17) is 0 Å². The Hall–Kier alpha value is -2.30. The summed E-state index contributed by atoms with van der Waals surface area (Å²) in [6, 6.07) is 6.15. The second kappa shape index (κ2) is 8.39. The van der Waals surface area contributed by atoms with Crippen LogP contribution < -0.4 is 15.4 Å². The van der Waals surface area contributed by atoms with Crippen LogP contribution in [0.5, 0.6) is 0 Å². The van der Waals surface area contributed by atoms with E-state index in [-0.39, 0.29) is 23.4 Å². The Labute approximate surface area is 152 Å². The van der Waals surface area contributed by atoms with E-state index in [2.05, 4.69) is 25.4 Å². The normalized spacial score (nSPS) is 17.3. The van der Waals surface area contributed by atoms with Gasteiger partial charge in [0.05, 0.1) is 4.90 Å². The molecule has 1 aliphatic rings. The van der Waals surface area contributed by atoms with E-state index in [0.29, 0.717) is 18.5 Å². The maximum atomic E-state index is 12.4. The molecular formula is C16H22N6O3S. The SMILES string of the molecule is O=C(NC1CCNC1)c1cccc(S(=O)(=O)NCCCn2cncn2)c1. The lowest BCUT2D eigenvalue weighted by Crippen LogP contribution is -2.36. The first-order valence-electron chi connectivity index (χ1n) is 8.48. The first-order valence-corrected chi connectivity index (χ1v) is 9.97. The molecular weight excluding hydrogens is 356 g/mol. The van der Waals surface area contributed by atoms with Crippen LogP contribution in [0.1, 0.15) is 23.2 Å². The maximum Gasteiger partial charge on any atom is 0.251 e. The molecule has 2 aromatic rings. The lowest BCUT2D eigenvalue weighted by atomic mass is 10.2. The summed E-state index contributed by atoms with van der Waals surface area (Å²) >= 11 is 0. The fourth-order valence-electron chi connectivity index (χ4n) is 2.73. The Morgan fingerprint density at radius 3 is 3.00 bits per heavy atom. The van der Waals surface area contributed by atoms with E-state index in [9.17, 15) is 13.2 Å². The first kappa shape index (κ1) is 18.5. The molecule has 1 amide bonds. The third-order valence-electron chi connectivity index (χ3n) is 4.12. The van der Waals surface area contributed by atoms with Crippen LogP contribution in [-0.4, -0.2) is 54.8 Å². The molecule has 0 aliphatic carbocycles. The number of hydrogen-bond donors (Lipinski definition) is 3. The smallest absolute Gasteiger partial charge is 0.251 e. The van der Waals surface area contributed by atoms with Gasteiger partial charge in [-0.15, -0.1) is 0 Å². The van der Waals surface area contributed by atoms with Crippen molar-refractivity contribution in [2.45, 2.75) is 30.3 Å². The van der Waals surface area contributed by atoms with Gasteiger partial charge in [0.15, 0.2) is 0 Å². The van der Waals surface area contributed by atoms with Crippen LogP contribution in [0.25, 0.3) is 0 Å². The number of rotatable bonds is 8. The summed E-state index contributed by atoms with van der Waals surface area (Å²) in [6.07, 6.45) is 4.47. The maximum absolute atomic E-state index is 12.4. The summed E-state index contributed by atoms with van der Waals surface area (Å²) in [5.41, 5.74) is 0.336. The number of aromatic nitrogens is 3. The number of nitrogens with zero attached hydrogens (tertiary/aromatic N) is 3. The number of hydrogen-bond acceptors (Lipinski definition) is 6. The summed E-state index contributed by atoms with van der Waals surface area (Å²) in [7, 11) is -3.67. The van der Waals surface area contributed by atoms with Crippen LogP contribution in [-0.2, 0) is 16.6 Å². The van der Waals surface area contributed by atoms with Crippen molar-refractivity contribution in [1.29, 1.82) is 0 Å². The van der Waals surface area contributed by atoms with Crippen molar-refractivity contribution in [2.75, 3.05) is 19.6 Å². The van der Waals surface area contributed by atoms with Crippen LogP contribution in [0.2, 0.25) is 0 Å². The van der Waals surface area contributed by atoms with Crippen molar-refractivity contribution in [2.24, 2.45) is 0 Å². The van der Waals surface area contributed by atoms with Crippen molar-refractivity contribution in [3.05, 3.63) is 42.5 Å². The molecule has 0 radical (unpaired) electrons. The molecule has 1 aromatic heterocycles. The Kier molecular flexibility index (Phi) is 5.96. The fourth-order valence-corrected chi connectivity index (χ4v) is 3.85. The topological polar surface area (TPSA) is 118 Å². The van der Waals surface area contributed by atoms with Crippen molar-refractivity contribution in [3.63, 3.8) is 0 Å². The quantitative estimate of drug-likeness (QED) is 0.545. The Morgan fingerprint density at radius 2 is 2.27 bits per heavy atom.